The molecule has 0 bridgehead atoms. The van der Waals surface area contributed by atoms with Gasteiger partial charge in [-0.1, -0.05) is 176 Å². The van der Waals surface area contributed by atoms with Crippen LogP contribution in [0, 0.1) is 0 Å². The van der Waals surface area contributed by atoms with Crippen molar-refractivity contribution < 1.29 is 4.42 Å². The summed E-state index contributed by atoms with van der Waals surface area (Å²) in [7, 11) is 0. The maximum atomic E-state index is 6.40. The smallest absolute Gasteiger partial charge is 0.136 e. The minimum Gasteiger partial charge on any atom is -0.456 e. The van der Waals surface area contributed by atoms with Crippen LogP contribution in [-0.2, 0) is 0 Å². The third kappa shape index (κ3) is 6.29. The summed E-state index contributed by atoms with van der Waals surface area (Å²) < 4.78 is 8.78. The second-order valence-corrected chi connectivity index (χ2v) is 16.1. The van der Waals surface area contributed by atoms with E-state index in [4.69, 9.17) is 4.42 Å². The van der Waals surface area contributed by atoms with Crippen LogP contribution in [0.15, 0.2) is 247 Å². The highest BCUT2D eigenvalue weighted by Gasteiger charge is 2.21. The average molecular weight is 805 g/mol. The van der Waals surface area contributed by atoms with Gasteiger partial charge in [0, 0.05) is 44.2 Å². The molecule has 12 rings (SSSR count). The van der Waals surface area contributed by atoms with Crippen molar-refractivity contribution in [2.45, 2.75) is 0 Å². The third-order valence-corrected chi connectivity index (χ3v) is 12.4. The molecule has 2 aromatic heterocycles. The van der Waals surface area contributed by atoms with Crippen LogP contribution in [0.25, 0.3) is 93.9 Å². The number of hydrogen-bond donors (Lipinski definition) is 0. The van der Waals surface area contributed by atoms with Crippen molar-refractivity contribution in [3.63, 3.8) is 0 Å². The molecule has 0 amide bonds. The number of benzene rings is 10. The Labute approximate surface area is 366 Å². The molecule has 0 N–H and O–H groups in total. The van der Waals surface area contributed by atoms with Gasteiger partial charge in [-0.3, -0.25) is 0 Å². The maximum absolute atomic E-state index is 6.40. The van der Waals surface area contributed by atoms with Gasteiger partial charge in [-0.05, 0) is 106 Å². The van der Waals surface area contributed by atoms with Crippen LogP contribution in [-0.4, -0.2) is 4.57 Å². The zero-order valence-electron chi connectivity index (χ0n) is 34.4. The van der Waals surface area contributed by atoms with Crippen molar-refractivity contribution in [1.82, 2.24) is 4.57 Å². The topological polar surface area (TPSA) is 21.3 Å². The van der Waals surface area contributed by atoms with Crippen LogP contribution in [0.1, 0.15) is 0 Å². The number of furan rings is 1. The predicted molar refractivity (Wildman–Crippen MR) is 264 cm³/mol. The monoisotopic (exact) mass is 804 g/mol. The number of para-hydroxylation sites is 4. The normalized spacial score (nSPS) is 11.5. The first-order valence-electron chi connectivity index (χ1n) is 21.5. The predicted octanol–water partition coefficient (Wildman–Crippen LogP) is 16.8. The highest BCUT2D eigenvalue weighted by molar-refractivity contribution is 6.14. The van der Waals surface area contributed by atoms with Crippen molar-refractivity contribution in [1.29, 1.82) is 0 Å². The summed E-state index contributed by atoms with van der Waals surface area (Å²) in [5.74, 6) is 0. The first kappa shape index (κ1) is 36.5. The Morgan fingerprint density at radius 3 is 1.51 bits per heavy atom. The van der Waals surface area contributed by atoms with E-state index in [9.17, 15) is 0 Å². The zero-order valence-corrected chi connectivity index (χ0v) is 34.4. The quantitative estimate of drug-likeness (QED) is 0.153. The van der Waals surface area contributed by atoms with Gasteiger partial charge in [0.25, 0.3) is 0 Å². The summed E-state index contributed by atoms with van der Waals surface area (Å²) in [5.41, 5.74) is 17.9. The third-order valence-electron chi connectivity index (χ3n) is 12.4. The standard InChI is InChI=1S/C60H40N2O/c1-2-16-42(17-3-1)48-20-4-5-21-49(48)43-34-38-46(39-35-43)61(55-27-10-8-24-52(55)53-26-15-31-59-60(53)54-25-9-13-30-58(54)63-59)45-36-32-41(33-37-45)44-18-14-19-47(40-44)62-56-28-11-6-22-50(56)51-23-7-12-29-57(51)62/h1-40H. The van der Waals surface area contributed by atoms with E-state index in [0.29, 0.717) is 0 Å². The molecular formula is C60H40N2O. The van der Waals surface area contributed by atoms with E-state index in [2.05, 4.69) is 246 Å². The van der Waals surface area contributed by atoms with Gasteiger partial charge in [-0.2, -0.15) is 0 Å². The van der Waals surface area contributed by atoms with E-state index in [1.807, 2.05) is 6.07 Å². The van der Waals surface area contributed by atoms with Gasteiger partial charge in [0.2, 0.25) is 0 Å². The van der Waals surface area contributed by atoms with Gasteiger partial charge in [0.1, 0.15) is 11.2 Å². The molecule has 3 heteroatoms. The molecule has 0 atom stereocenters. The summed E-state index contributed by atoms with van der Waals surface area (Å²) in [4.78, 5) is 2.39. The molecule has 296 valence electrons. The SMILES string of the molecule is c1ccc(-c2ccccc2-c2ccc(N(c3ccc(-c4cccc(-n5c6ccccc6c6ccccc65)c4)cc3)c3ccccc3-c3cccc4oc5ccccc5c34)cc2)cc1. The van der Waals surface area contributed by atoms with Gasteiger partial charge in [0.15, 0.2) is 0 Å². The number of fused-ring (bicyclic) bond motifs is 6. The van der Waals surface area contributed by atoms with E-state index in [-0.39, 0.29) is 0 Å². The van der Waals surface area contributed by atoms with Crippen molar-refractivity contribution in [2.24, 2.45) is 0 Å². The summed E-state index contributed by atoms with van der Waals surface area (Å²) in [5, 5.41) is 4.74. The lowest BCUT2D eigenvalue weighted by Gasteiger charge is -2.28. The zero-order chi connectivity index (χ0) is 41.7. The molecule has 0 aliphatic rings. The highest BCUT2D eigenvalue weighted by Crippen LogP contribution is 2.46. The Hall–Kier alpha value is -8.40. The lowest BCUT2D eigenvalue weighted by atomic mass is 9.94. The molecule has 0 radical (unpaired) electrons. The largest absolute Gasteiger partial charge is 0.456 e. The lowest BCUT2D eigenvalue weighted by Crippen LogP contribution is -2.11. The van der Waals surface area contributed by atoms with Crippen molar-refractivity contribution in [2.75, 3.05) is 4.90 Å². The Morgan fingerprint density at radius 2 is 0.810 bits per heavy atom. The van der Waals surface area contributed by atoms with Gasteiger partial charge >= 0.3 is 0 Å². The fourth-order valence-corrected chi connectivity index (χ4v) is 9.55. The van der Waals surface area contributed by atoms with Crippen molar-refractivity contribution >= 4 is 60.8 Å². The minimum atomic E-state index is 0.879. The van der Waals surface area contributed by atoms with Crippen molar-refractivity contribution in [3.8, 4) is 50.2 Å². The summed E-state index contributed by atoms with van der Waals surface area (Å²) >= 11 is 0. The van der Waals surface area contributed by atoms with E-state index < -0.39 is 0 Å². The Morgan fingerprint density at radius 1 is 0.317 bits per heavy atom. The minimum absolute atomic E-state index is 0.879. The molecule has 0 spiro atoms. The number of aromatic nitrogens is 1. The van der Waals surface area contributed by atoms with E-state index in [0.717, 1.165) is 66.9 Å². The van der Waals surface area contributed by atoms with Crippen LogP contribution < -0.4 is 4.90 Å². The van der Waals surface area contributed by atoms with E-state index in [1.165, 1.54) is 44.1 Å². The lowest BCUT2D eigenvalue weighted by molar-refractivity contribution is 0.669. The number of hydrogen-bond acceptors (Lipinski definition) is 2. The highest BCUT2D eigenvalue weighted by atomic mass is 16.3. The van der Waals surface area contributed by atoms with Crippen LogP contribution >= 0.6 is 0 Å². The molecule has 0 fully saturated rings. The molecule has 0 aliphatic heterocycles. The first-order valence-corrected chi connectivity index (χ1v) is 21.5. The molecule has 63 heavy (non-hydrogen) atoms. The van der Waals surface area contributed by atoms with E-state index in [1.54, 1.807) is 0 Å². The number of nitrogens with zero attached hydrogens (tertiary/aromatic N) is 2. The second kappa shape index (κ2) is 15.3. The molecule has 0 aliphatic carbocycles. The number of rotatable bonds is 8. The molecule has 12 aromatic rings. The van der Waals surface area contributed by atoms with Crippen LogP contribution in [0.2, 0.25) is 0 Å². The summed E-state index contributed by atoms with van der Waals surface area (Å²) in [6.45, 7) is 0. The summed E-state index contributed by atoms with van der Waals surface area (Å²) in [6.07, 6.45) is 0. The Balaban J connectivity index is 0.988. The fraction of sp³-hybridized carbons (Fsp3) is 0. The second-order valence-electron chi connectivity index (χ2n) is 16.1. The van der Waals surface area contributed by atoms with Crippen molar-refractivity contribution in [3.05, 3.63) is 243 Å². The Bertz CT molecular complexity index is 3560. The molecule has 0 unspecified atom stereocenters. The molecule has 0 saturated carbocycles. The van der Waals surface area contributed by atoms with Gasteiger partial charge in [-0.25, -0.2) is 0 Å². The van der Waals surface area contributed by atoms with Crippen LogP contribution in [0.5, 0.6) is 0 Å². The van der Waals surface area contributed by atoms with E-state index >= 15 is 0 Å². The van der Waals surface area contributed by atoms with Gasteiger partial charge in [0.05, 0.1) is 16.7 Å². The molecule has 3 nitrogen and oxygen atoms in total. The summed E-state index contributed by atoms with van der Waals surface area (Å²) in [6, 6.07) is 87.1. The number of anilines is 3. The molecule has 0 saturated heterocycles. The molecule has 2 heterocycles. The van der Waals surface area contributed by atoms with Crippen LogP contribution in [0.4, 0.5) is 17.1 Å². The average Bonchev–Trinajstić information content (AvgIpc) is 3.91. The maximum Gasteiger partial charge on any atom is 0.136 e. The molecular weight excluding hydrogens is 765 g/mol. The molecule has 10 aromatic carbocycles. The van der Waals surface area contributed by atoms with Gasteiger partial charge < -0.3 is 13.9 Å². The Kier molecular flexibility index (Phi) is 8.83. The van der Waals surface area contributed by atoms with Gasteiger partial charge in [-0.15, -0.1) is 0 Å². The first-order chi connectivity index (χ1) is 31.3. The fourth-order valence-electron chi connectivity index (χ4n) is 9.55. The van der Waals surface area contributed by atoms with Crippen LogP contribution in [0.3, 0.4) is 0 Å².